The minimum atomic E-state index is -0.826. The third kappa shape index (κ3) is 3.94. The number of rotatable bonds is 6. The summed E-state index contributed by atoms with van der Waals surface area (Å²) in [4.78, 5) is 24.0. The summed E-state index contributed by atoms with van der Waals surface area (Å²) in [5, 5.41) is 15.5. The van der Waals surface area contributed by atoms with E-state index in [-0.39, 0.29) is 24.1 Å². The molecule has 4 atom stereocenters. The van der Waals surface area contributed by atoms with Crippen LogP contribution in [0.15, 0.2) is 34.7 Å². The molecule has 2 bridgehead atoms. The summed E-state index contributed by atoms with van der Waals surface area (Å²) >= 11 is 0. The summed E-state index contributed by atoms with van der Waals surface area (Å²) in [6.07, 6.45) is 3.16. The first-order valence-corrected chi connectivity index (χ1v) is 9.91. The van der Waals surface area contributed by atoms with Crippen LogP contribution in [0.5, 0.6) is 0 Å². The van der Waals surface area contributed by atoms with Gasteiger partial charge in [-0.1, -0.05) is 12.1 Å². The average Bonchev–Trinajstić information content (AvgIpc) is 3.50. The van der Waals surface area contributed by atoms with Gasteiger partial charge in [0.25, 0.3) is 0 Å². The van der Waals surface area contributed by atoms with Gasteiger partial charge in [0.2, 0.25) is 11.7 Å². The number of hydrogen-bond acceptors (Lipinski definition) is 6. The molecule has 8 heteroatoms. The number of carbonyl (C=O) groups is 2. The van der Waals surface area contributed by atoms with Gasteiger partial charge in [0.1, 0.15) is 17.6 Å². The van der Waals surface area contributed by atoms with Gasteiger partial charge >= 0.3 is 5.97 Å². The van der Waals surface area contributed by atoms with E-state index in [9.17, 15) is 19.2 Å². The molecule has 2 N–H and O–H groups in total. The highest BCUT2D eigenvalue weighted by molar-refractivity contribution is 5.87. The van der Waals surface area contributed by atoms with Crippen molar-refractivity contribution in [2.75, 3.05) is 7.11 Å². The zero-order chi connectivity index (χ0) is 21.3. The lowest BCUT2D eigenvalue weighted by Crippen LogP contribution is -2.50. The Morgan fingerprint density at radius 2 is 2.20 bits per heavy atom. The van der Waals surface area contributed by atoms with Gasteiger partial charge in [-0.15, -0.1) is 0 Å². The van der Waals surface area contributed by atoms with Gasteiger partial charge in [-0.05, 0) is 48.9 Å². The molecule has 1 aromatic carbocycles. The fourth-order valence-electron chi connectivity index (χ4n) is 4.33. The summed E-state index contributed by atoms with van der Waals surface area (Å²) in [6, 6.07) is 8.83. The highest BCUT2D eigenvalue weighted by atomic mass is 19.1. The Hall–Kier alpha value is -3.18. The van der Waals surface area contributed by atoms with Gasteiger partial charge in [0.05, 0.1) is 19.2 Å². The Morgan fingerprint density at radius 1 is 1.37 bits per heavy atom. The Balaban J connectivity index is 1.42. The SMILES string of the molecule is COC(=O)c1ccc(-c2ccc(C[C@@H](C#N)NC(=O)[C@H]3N[C@@H]4CC[C@H]3C4)c(F)c2)o1. The van der Waals surface area contributed by atoms with Gasteiger partial charge in [0.15, 0.2) is 0 Å². The van der Waals surface area contributed by atoms with Crippen molar-refractivity contribution in [2.24, 2.45) is 5.92 Å². The van der Waals surface area contributed by atoms with Crippen LogP contribution in [0.2, 0.25) is 0 Å². The van der Waals surface area contributed by atoms with Crippen molar-refractivity contribution in [3.05, 3.63) is 47.5 Å². The molecule has 0 spiro atoms. The smallest absolute Gasteiger partial charge is 0.373 e. The lowest BCUT2D eigenvalue weighted by Gasteiger charge is -2.23. The summed E-state index contributed by atoms with van der Waals surface area (Å²) < 4.78 is 24.6. The van der Waals surface area contributed by atoms with Gasteiger partial charge in [-0.3, -0.25) is 4.79 Å². The minimum absolute atomic E-state index is 0.0264. The summed E-state index contributed by atoms with van der Waals surface area (Å²) in [7, 11) is 1.25. The van der Waals surface area contributed by atoms with Crippen LogP contribution < -0.4 is 10.6 Å². The fraction of sp³-hybridized carbons (Fsp3) is 0.409. The Bertz CT molecular complexity index is 1010. The van der Waals surface area contributed by atoms with Crippen LogP contribution in [0, 0.1) is 23.1 Å². The number of esters is 1. The molecule has 30 heavy (non-hydrogen) atoms. The molecule has 1 aliphatic carbocycles. The summed E-state index contributed by atoms with van der Waals surface area (Å²) in [5.74, 6) is -0.663. The zero-order valence-electron chi connectivity index (χ0n) is 16.5. The maximum absolute atomic E-state index is 14.7. The highest BCUT2D eigenvalue weighted by Crippen LogP contribution is 2.35. The summed E-state index contributed by atoms with van der Waals surface area (Å²) in [6.45, 7) is 0. The lowest BCUT2D eigenvalue weighted by molar-refractivity contribution is -0.124. The van der Waals surface area contributed by atoms with Crippen LogP contribution in [-0.4, -0.2) is 37.1 Å². The molecule has 1 aliphatic heterocycles. The number of methoxy groups -OCH3 is 1. The molecule has 1 saturated heterocycles. The molecule has 0 unspecified atom stereocenters. The van der Waals surface area contributed by atoms with E-state index in [1.54, 1.807) is 18.2 Å². The first-order chi connectivity index (χ1) is 14.5. The van der Waals surface area contributed by atoms with Crippen molar-refractivity contribution in [3.8, 4) is 17.4 Å². The molecule has 2 aromatic rings. The number of benzene rings is 1. The van der Waals surface area contributed by atoms with E-state index in [4.69, 9.17) is 4.42 Å². The Kier molecular flexibility index (Phi) is 5.55. The van der Waals surface area contributed by atoms with Crippen LogP contribution in [0.25, 0.3) is 11.3 Å². The van der Waals surface area contributed by atoms with Gasteiger partial charge in [-0.2, -0.15) is 5.26 Å². The maximum atomic E-state index is 14.7. The molecular weight excluding hydrogens is 389 g/mol. The minimum Gasteiger partial charge on any atom is -0.463 e. The normalized spacial score (nSPS) is 23.0. The van der Waals surface area contributed by atoms with Crippen molar-refractivity contribution in [1.82, 2.24) is 10.6 Å². The number of amides is 1. The second-order valence-electron chi connectivity index (χ2n) is 7.77. The Labute approximate surface area is 173 Å². The second kappa shape index (κ2) is 8.28. The second-order valence-corrected chi connectivity index (χ2v) is 7.77. The number of nitrogens with zero attached hydrogens (tertiary/aromatic N) is 1. The highest BCUT2D eigenvalue weighted by Gasteiger charge is 2.43. The van der Waals surface area contributed by atoms with Crippen LogP contribution >= 0.6 is 0 Å². The van der Waals surface area contributed by atoms with Crippen molar-refractivity contribution < 1.29 is 23.1 Å². The molecule has 1 amide bonds. The molecule has 1 aromatic heterocycles. The maximum Gasteiger partial charge on any atom is 0.373 e. The van der Waals surface area contributed by atoms with Crippen LogP contribution in [0.1, 0.15) is 35.4 Å². The van der Waals surface area contributed by atoms with E-state index < -0.39 is 17.8 Å². The van der Waals surface area contributed by atoms with Gasteiger partial charge < -0.3 is 19.8 Å². The van der Waals surface area contributed by atoms with Crippen molar-refractivity contribution in [1.29, 1.82) is 5.26 Å². The lowest BCUT2D eigenvalue weighted by atomic mass is 9.98. The van der Waals surface area contributed by atoms with E-state index in [1.807, 2.05) is 6.07 Å². The van der Waals surface area contributed by atoms with Crippen LogP contribution in [0.4, 0.5) is 4.39 Å². The third-order valence-corrected chi connectivity index (χ3v) is 5.87. The Morgan fingerprint density at radius 3 is 2.83 bits per heavy atom. The van der Waals surface area contributed by atoms with Gasteiger partial charge in [0, 0.05) is 18.0 Å². The molecule has 4 rings (SSSR count). The largest absolute Gasteiger partial charge is 0.463 e. The fourth-order valence-corrected chi connectivity index (χ4v) is 4.33. The molecular formula is C22H22FN3O4. The topological polar surface area (TPSA) is 104 Å². The van der Waals surface area contributed by atoms with E-state index in [2.05, 4.69) is 15.4 Å². The number of nitriles is 1. The third-order valence-electron chi connectivity index (χ3n) is 5.87. The van der Waals surface area contributed by atoms with Crippen molar-refractivity contribution in [2.45, 2.75) is 43.8 Å². The number of fused-ring (bicyclic) bond motifs is 2. The number of carbonyl (C=O) groups excluding carboxylic acids is 2. The van der Waals surface area contributed by atoms with E-state index in [0.29, 0.717) is 28.8 Å². The predicted molar refractivity (Wildman–Crippen MR) is 105 cm³/mol. The molecule has 2 aliphatic rings. The monoisotopic (exact) mass is 411 g/mol. The molecule has 1 saturated carbocycles. The number of piperidine rings is 1. The first-order valence-electron chi connectivity index (χ1n) is 9.91. The molecule has 2 heterocycles. The number of hydrogen-bond donors (Lipinski definition) is 2. The van der Waals surface area contributed by atoms with Crippen molar-refractivity contribution >= 4 is 11.9 Å². The van der Waals surface area contributed by atoms with E-state index >= 15 is 0 Å². The van der Waals surface area contributed by atoms with Crippen LogP contribution in [-0.2, 0) is 16.0 Å². The number of furan rings is 1. The quantitative estimate of drug-likeness (QED) is 0.708. The van der Waals surface area contributed by atoms with E-state index in [0.717, 1.165) is 19.3 Å². The summed E-state index contributed by atoms with van der Waals surface area (Å²) in [5.41, 5.74) is 0.765. The molecule has 2 fully saturated rings. The number of ether oxygens (including phenoxy) is 1. The number of nitrogens with one attached hydrogen (secondary N) is 2. The molecule has 156 valence electrons. The first kappa shape index (κ1) is 20.1. The molecule has 7 nitrogen and oxygen atoms in total. The zero-order valence-corrected chi connectivity index (χ0v) is 16.5. The van der Waals surface area contributed by atoms with Crippen LogP contribution in [0.3, 0.4) is 0 Å². The van der Waals surface area contributed by atoms with Crippen molar-refractivity contribution in [3.63, 3.8) is 0 Å². The average molecular weight is 411 g/mol. The number of halogens is 1. The molecule has 0 radical (unpaired) electrons. The standard InChI is InChI=1S/C22H22FN3O4/c1-29-22(28)19-7-6-18(30-19)13-3-2-12(17(23)10-13)8-16(11-24)26-21(27)20-14-4-5-15(9-14)25-20/h2-3,6-7,10,14-16,20,25H,4-5,8-9H2,1H3,(H,26,27)/t14-,15+,16-,20-/m0/s1. The van der Waals surface area contributed by atoms with E-state index in [1.165, 1.54) is 19.2 Å². The predicted octanol–water partition coefficient (Wildman–Crippen LogP) is 2.56. The van der Waals surface area contributed by atoms with Gasteiger partial charge in [-0.25, -0.2) is 9.18 Å².